The number of hydrogen-bond donors (Lipinski definition) is 1. The first-order valence-corrected chi connectivity index (χ1v) is 6.99. The molecule has 2 rings (SSSR count). The summed E-state index contributed by atoms with van der Waals surface area (Å²) in [5, 5.41) is 3.18. The van der Waals surface area contributed by atoms with Crippen molar-refractivity contribution in [3.8, 4) is 0 Å². The third-order valence-electron chi connectivity index (χ3n) is 2.84. The van der Waals surface area contributed by atoms with E-state index in [0.29, 0.717) is 0 Å². The topological polar surface area (TPSA) is 12.0 Å². The summed E-state index contributed by atoms with van der Waals surface area (Å²) in [5.74, 6) is 0. The molecule has 0 saturated heterocycles. The molecule has 1 nitrogen and oxygen atoms in total. The zero-order valence-electron chi connectivity index (χ0n) is 11.2. The van der Waals surface area contributed by atoms with E-state index in [1.165, 1.54) is 26.5 Å². The molecular weight excluding hydrogens is 238 g/mol. The molecule has 0 aliphatic rings. The Balaban J connectivity index is 2.19. The normalized spacial score (nSPS) is 10.6. The summed E-state index contributed by atoms with van der Waals surface area (Å²) in [4.78, 5) is 2.64. The van der Waals surface area contributed by atoms with Crippen LogP contribution in [0.5, 0.6) is 0 Å². The van der Waals surface area contributed by atoms with E-state index in [9.17, 15) is 0 Å². The van der Waals surface area contributed by atoms with Crippen molar-refractivity contribution in [3.63, 3.8) is 0 Å². The Kier molecular flexibility index (Phi) is 4.45. The van der Waals surface area contributed by atoms with E-state index in [1.807, 2.05) is 18.8 Å². The highest BCUT2D eigenvalue weighted by atomic mass is 32.2. The zero-order chi connectivity index (χ0) is 13.0. The fourth-order valence-corrected chi connectivity index (χ4v) is 2.95. The molecule has 0 amide bonds. The lowest BCUT2D eigenvalue weighted by Gasteiger charge is -2.08. The Morgan fingerprint density at radius 1 is 1.06 bits per heavy atom. The second-order valence-electron chi connectivity index (χ2n) is 4.55. The van der Waals surface area contributed by atoms with Gasteiger partial charge in [-0.3, -0.25) is 0 Å². The highest BCUT2D eigenvalue weighted by Crippen LogP contribution is 2.31. The average molecular weight is 257 g/mol. The molecule has 0 bridgehead atoms. The predicted octanol–water partition coefficient (Wildman–Crippen LogP) is 4.17. The Morgan fingerprint density at radius 3 is 2.56 bits per heavy atom. The molecule has 0 radical (unpaired) electrons. The number of benzene rings is 2. The Labute approximate surface area is 114 Å². The van der Waals surface area contributed by atoms with Gasteiger partial charge in [0.05, 0.1) is 0 Å². The lowest BCUT2D eigenvalue weighted by atomic mass is 10.1. The smallest absolute Gasteiger partial charge is 0.0202 e. The lowest BCUT2D eigenvalue weighted by Crippen LogP contribution is -2.05. The number of rotatable bonds is 4. The van der Waals surface area contributed by atoms with Crippen LogP contribution < -0.4 is 5.32 Å². The standard InChI is InChI=1S/C16H19NS/c1-12-5-4-6-15(9-12)18-16-8-7-14(11-17-3)10-13(16)2/h4-10,17H,11H2,1-3H3. The largest absolute Gasteiger partial charge is 0.316 e. The summed E-state index contributed by atoms with van der Waals surface area (Å²) < 4.78 is 0. The van der Waals surface area contributed by atoms with Crippen LogP contribution in [0.4, 0.5) is 0 Å². The number of nitrogens with one attached hydrogen (secondary N) is 1. The van der Waals surface area contributed by atoms with Crippen LogP contribution in [0.25, 0.3) is 0 Å². The summed E-state index contributed by atoms with van der Waals surface area (Å²) in [7, 11) is 1.98. The van der Waals surface area contributed by atoms with Crippen LogP contribution in [0, 0.1) is 13.8 Å². The molecule has 0 spiro atoms. The molecule has 0 unspecified atom stereocenters. The van der Waals surface area contributed by atoms with Crippen LogP contribution in [0.3, 0.4) is 0 Å². The monoisotopic (exact) mass is 257 g/mol. The van der Waals surface area contributed by atoms with E-state index in [4.69, 9.17) is 0 Å². The van der Waals surface area contributed by atoms with E-state index in [2.05, 4.69) is 61.6 Å². The van der Waals surface area contributed by atoms with Gasteiger partial charge >= 0.3 is 0 Å². The number of hydrogen-bond acceptors (Lipinski definition) is 2. The van der Waals surface area contributed by atoms with Gasteiger partial charge in [0.15, 0.2) is 0 Å². The minimum Gasteiger partial charge on any atom is -0.316 e. The van der Waals surface area contributed by atoms with E-state index in [0.717, 1.165) is 6.54 Å². The molecule has 94 valence electrons. The summed E-state index contributed by atoms with van der Waals surface area (Å²) in [6, 6.07) is 15.3. The quantitative estimate of drug-likeness (QED) is 0.882. The van der Waals surface area contributed by atoms with Crippen molar-refractivity contribution < 1.29 is 0 Å². The van der Waals surface area contributed by atoms with Crippen molar-refractivity contribution in [1.82, 2.24) is 5.32 Å². The highest BCUT2D eigenvalue weighted by molar-refractivity contribution is 7.99. The lowest BCUT2D eigenvalue weighted by molar-refractivity contribution is 0.815. The molecule has 0 heterocycles. The van der Waals surface area contributed by atoms with Crippen molar-refractivity contribution in [2.45, 2.75) is 30.2 Å². The van der Waals surface area contributed by atoms with Gasteiger partial charge in [-0.2, -0.15) is 0 Å². The zero-order valence-corrected chi connectivity index (χ0v) is 12.0. The molecule has 0 fully saturated rings. The van der Waals surface area contributed by atoms with Crippen molar-refractivity contribution in [1.29, 1.82) is 0 Å². The molecule has 0 atom stereocenters. The second-order valence-corrected chi connectivity index (χ2v) is 5.66. The van der Waals surface area contributed by atoms with Crippen molar-refractivity contribution in [2.24, 2.45) is 0 Å². The summed E-state index contributed by atoms with van der Waals surface area (Å²) >= 11 is 1.83. The highest BCUT2D eigenvalue weighted by Gasteiger charge is 2.02. The van der Waals surface area contributed by atoms with Crippen LogP contribution in [0.15, 0.2) is 52.3 Å². The van der Waals surface area contributed by atoms with E-state index < -0.39 is 0 Å². The molecular formula is C16H19NS. The summed E-state index contributed by atoms with van der Waals surface area (Å²) in [6.45, 7) is 5.24. The second kappa shape index (κ2) is 6.07. The van der Waals surface area contributed by atoms with Gasteiger partial charge in [0.25, 0.3) is 0 Å². The predicted molar refractivity (Wildman–Crippen MR) is 79.2 cm³/mol. The first-order chi connectivity index (χ1) is 8.69. The summed E-state index contributed by atoms with van der Waals surface area (Å²) in [6.07, 6.45) is 0. The molecule has 0 aliphatic heterocycles. The molecule has 1 N–H and O–H groups in total. The Morgan fingerprint density at radius 2 is 1.89 bits per heavy atom. The maximum absolute atomic E-state index is 3.18. The average Bonchev–Trinajstić information content (AvgIpc) is 2.33. The van der Waals surface area contributed by atoms with E-state index >= 15 is 0 Å². The van der Waals surface area contributed by atoms with Crippen LogP contribution >= 0.6 is 11.8 Å². The maximum atomic E-state index is 3.18. The van der Waals surface area contributed by atoms with Gasteiger partial charge in [0.1, 0.15) is 0 Å². The number of aryl methyl sites for hydroxylation is 2. The summed E-state index contributed by atoms with van der Waals surface area (Å²) in [5.41, 5.74) is 3.99. The molecule has 0 aliphatic carbocycles. The van der Waals surface area contributed by atoms with Crippen molar-refractivity contribution >= 4 is 11.8 Å². The van der Waals surface area contributed by atoms with Crippen LogP contribution in [-0.4, -0.2) is 7.05 Å². The van der Waals surface area contributed by atoms with Gasteiger partial charge in [-0.25, -0.2) is 0 Å². The molecule has 0 saturated carbocycles. The van der Waals surface area contributed by atoms with Gasteiger partial charge in [-0.05, 0) is 50.2 Å². The molecule has 2 heteroatoms. The molecule has 2 aromatic rings. The minimum absolute atomic E-state index is 0.927. The van der Waals surface area contributed by atoms with Gasteiger partial charge in [-0.15, -0.1) is 0 Å². The van der Waals surface area contributed by atoms with Crippen LogP contribution in [-0.2, 0) is 6.54 Å². The van der Waals surface area contributed by atoms with Crippen molar-refractivity contribution in [2.75, 3.05) is 7.05 Å². The maximum Gasteiger partial charge on any atom is 0.0202 e. The SMILES string of the molecule is CNCc1ccc(Sc2cccc(C)c2)c(C)c1. The molecule has 0 aromatic heterocycles. The fraction of sp³-hybridized carbons (Fsp3) is 0.250. The van der Waals surface area contributed by atoms with E-state index in [1.54, 1.807) is 0 Å². The Hall–Kier alpha value is -1.25. The van der Waals surface area contributed by atoms with Gasteiger partial charge in [0.2, 0.25) is 0 Å². The third-order valence-corrected chi connectivity index (χ3v) is 4.01. The third kappa shape index (κ3) is 3.37. The minimum atomic E-state index is 0.927. The molecule has 18 heavy (non-hydrogen) atoms. The fourth-order valence-electron chi connectivity index (χ4n) is 1.95. The molecule has 2 aromatic carbocycles. The Bertz CT molecular complexity index is 534. The van der Waals surface area contributed by atoms with Crippen molar-refractivity contribution in [3.05, 3.63) is 59.2 Å². The van der Waals surface area contributed by atoms with E-state index in [-0.39, 0.29) is 0 Å². The first kappa shape index (κ1) is 13.2. The van der Waals surface area contributed by atoms with Gasteiger partial charge in [0, 0.05) is 16.3 Å². The van der Waals surface area contributed by atoms with Crippen LogP contribution in [0.2, 0.25) is 0 Å². The van der Waals surface area contributed by atoms with Gasteiger partial charge in [-0.1, -0.05) is 41.6 Å². The first-order valence-electron chi connectivity index (χ1n) is 6.17. The van der Waals surface area contributed by atoms with Gasteiger partial charge < -0.3 is 5.32 Å². The van der Waals surface area contributed by atoms with Crippen LogP contribution in [0.1, 0.15) is 16.7 Å².